The molecular weight excluding hydrogens is 223 g/mol. The number of hydrogen-bond acceptors (Lipinski definition) is 3. The van der Waals surface area contributed by atoms with E-state index in [9.17, 15) is 5.11 Å². The molecule has 5 heteroatoms. The Kier molecular flexibility index (Phi) is 8.26. The van der Waals surface area contributed by atoms with Crippen LogP contribution in [0.15, 0.2) is 0 Å². The van der Waals surface area contributed by atoms with Crippen LogP contribution in [0, 0.1) is 0 Å². The lowest BCUT2D eigenvalue weighted by atomic mass is 10.0. The summed E-state index contributed by atoms with van der Waals surface area (Å²) >= 11 is 0. The van der Waals surface area contributed by atoms with E-state index in [4.69, 9.17) is 5.73 Å². The Morgan fingerprint density at radius 1 is 1.43 bits per heavy atom. The van der Waals surface area contributed by atoms with Gasteiger partial charge in [-0.15, -0.1) is 24.8 Å². The zero-order valence-electron chi connectivity index (χ0n) is 8.90. The molecule has 0 radical (unpaired) electrons. The summed E-state index contributed by atoms with van der Waals surface area (Å²) in [7, 11) is 0. The van der Waals surface area contributed by atoms with Gasteiger partial charge >= 0.3 is 0 Å². The Balaban J connectivity index is 0. The van der Waals surface area contributed by atoms with Gasteiger partial charge in [0.1, 0.15) is 0 Å². The van der Waals surface area contributed by atoms with Crippen LogP contribution in [0.3, 0.4) is 0 Å². The van der Waals surface area contributed by atoms with Crippen LogP contribution in [0.5, 0.6) is 0 Å². The summed E-state index contributed by atoms with van der Waals surface area (Å²) in [5, 5.41) is 9.39. The molecule has 0 aromatic heterocycles. The van der Waals surface area contributed by atoms with E-state index in [2.05, 4.69) is 4.90 Å². The molecular formula is C9H22Cl2N2O. The Hall–Kier alpha value is 0.460. The van der Waals surface area contributed by atoms with Crippen molar-refractivity contribution in [2.45, 2.75) is 38.3 Å². The third kappa shape index (κ3) is 6.85. The lowest BCUT2D eigenvalue weighted by molar-refractivity contribution is 0.0616. The molecule has 3 nitrogen and oxygen atoms in total. The second-order valence-corrected chi connectivity index (χ2v) is 4.52. The predicted molar refractivity (Wildman–Crippen MR) is 64.4 cm³/mol. The summed E-state index contributed by atoms with van der Waals surface area (Å²) in [5.41, 5.74) is 5.75. The summed E-state index contributed by atoms with van der Waals surface area (Å²) in [6, 6.07) is 0. The van der Waals surface area contributed by atoms with Crippen molar-refractivity contribution in [2.24, 2.45) is 5.73 Å². The number of nitrogens with zero attached hydrogens (tertiary/aromatic N) is 1. The standard InChI is InChI=1S/C9H20N2O.2ClH/c1-9(2,10)7-11-5-3-4-8(12)6-11;;/h8,12H,3-7,10H2,1-2H3;2*1H/t8-;;/m1../s1. The van der Waals surface area contributed by atoms with Crippen molar-refractivity contribution in [3.05, 3.63) is 0 Å². The first kappa shape index (κ1) is 16.9. The first-order valence-corrected chi connectivity index (χ1v) is 4.67. The molecule has 0 aliphatic carbocycles. The highest BCUT2D eigenvalue weighted by atomic mass is 35.5. The third-order valence-corrected chi connectivity index (χ3v) is 2.11. The highest BCUT2D eigenvalue weighted by molar-refractivity contribution is 5.85. The average molecular weight is 245 g/mol. The van der Waals surface area contributed by atoms with Crippen LogP contribution < -0.4 is 5.73 Å². The van der Waals surface area contributed by atoms with E-state index in [1.165, 1.54) is 0 Å². The normalized spacial score (nSPS) is 23.6. The molecule has 88 valence electrons. The summed E-state index contributed by atoms with van der Waals surface area (Å²) in [5.74, 6) is 0. The molecule has 0 unspecified atom stereocenters. The molecule has 0 bridgehead atoms. The van der Waals surface area contributed by atoms with Crippen LogP contribution in [0.25, 0.3) is 0 Å². The largest absolute Gasteiger partial charge is 0.392 e. The minimum Gasteiger partial charge on any atom is -0.392 e. The number of piperidine rings is 1. The van der Waals surface area contributed by atoms with Crippen molar-refractivity contribution in [3.8, 4) is 0 Å². The number of aliphatic hydroxyl groups excluding tert-OH is 1. The molecule has 1 heterocycles. The molecule has 1 aliphatic heterocycles. The van der Waals surface area contributed by atoms with Crippen molar-refractivity contribution in [3.63, 3.8) is 0 Å². The van der Waals surface area contributed by atoms with E-state index in [-0.39, 0.29) is 36.5 Å². The van der Waals surface area contributed by atoms with Crippen LogP contribution in [0.4, 0.5) is 0 Å². The maximum atomic E-state index is 9.39. The van der Waals surface area contributed by atoms with E-state index < -0.39 is 0 Å². The van der Waals surface area contributed by atoms with Crippen molar-refractivity contribution < 1.29 is 5.11 Å². The molecule has 0 saturated carbocycles. The van der Waals surface area contributed by atoms with Gasteiger partial charge in [0.15, 0.2) is 0 Å². The van der Waals surface area contributed by atoms with Crippen LogP contribution in [0.1, 0.15) is 26.7 Å². The first-order chi connectivity index (χ1) is 5.47. The van der Waals surface area contributed by atoms with Gasteiger partial charge in [0.05, 0.1) is 6.10 Å². The molecule has 0 aromatic carbocycles. The van der Waals surface area contributed by atoms with E-state index in [1.807, 2.05) is 13.8 Å². The molecule has 1 aliphatic rings. The highest BCUT2D eigenvalue weighted by Crippen LogP contribution is 2.12. The van der Waals surface area contributed by atoms with E-state index in [0.717, 1.165) is 32.5 Å². The average Bonchev–Trinajstić information content (AvgIpc) is 1.82. The van der Waals surface area contributed by atoms with Crippen molar-refractivity contribution in [1.82, 2.24) is 4.90 Å². The van der Waals surface area contributed by atoms with Gasteiger partial charge in [0, 0.05) is 18.6 Å². The lowest BCUT2D eigenvalue weighted by Crippen LogP contribution is -2.49. The van der Waals surface area contributed by atoms with Gasteiger partial charge in [-0.2, -0.15) is 0 Å². The molecule has 14 heavy (non-hydrogen) atoms. The smallest absolute Gasteiger partial charge is 0.0667 e. The van der Waals surface area contributed by atoms with Crippen molar-refractivity contribution >= 4 is 24.8 Å². The number of halogens is 2. The minimum absolute atomic E-state index is 0. The quantitative estimate of drug-likeness (QED) is 0.763. The Bertz CT molecular complexity index is 150. The first-order valence-electron chi connectivity index (χ1n) is 4.67. The fraction of sp³-hybridized carbons (Fsp3) is 1.00. The monoisotopic (exact) mass is 244 g/mol. The molecule has 1 fully saturated rings. The second kappa shape index (κ2) is 6.85. The number of nitrogens with two attached hydrogens (primary N) is 1. The molecule has 1 rings (SSSR count). The predicted octanol–water partition coefficient (Wildman–Crippen LogP) is 1.02. The number of β-amino-alcohol motifs (C(OH)–C–C–N with tert-alkyl or cyclic N) is 1. The molecule has 3 N–H and O–H groups in total. The Morgan fingerprint density at radius 2 is 2.00 bits per heavy atom. The SMILES string of the molecule is CC(C)(N)CN1CCC[C@@H](O)C1.Cl.Cl. The van der Waals surface area contributed by atoms with Crippen LogP contribution in [-0.2, 0) is 0 Å². The molecule has 0 aromatic rings. The summed E-state index contributed by atoms with van der Waals surface area (Å²) in [4.78, 5) is 2.24. The van der Waals surface area contributed by atoms with E-state index in [1.54, 1.807) is 0 Å². The summed E-state index contributed by atoms with van der Waals surface area (Å²) < 4.78 is 0. The fourth-order valence-corrected chi connectivity index (χ4v) is 1.75. The number of likely N-dealkylation sites (tertiary alicyclic amines) is 1. The van der Waals surface area contributed by atoms with Gasteiger partial charge in [-0.3, -0.25) is 4.90 Å². The molecule has 0 amide bonds. The zero-order chi connectivity index (χ0) is 9.19. The maximum absolute atomic E-state index is 9.39. The van der Waals surface area contributed by atoms with Crippen LogP contribution in [0.2, 0.25) is 0 Å². The molecule has 1 atom stereocenters. The highest BCUT2D eigenvalue weighted by Gasteiger charge is 2.22. The molecule has 1 saturated heterocycles. The molecule has 0 spiro atoms. The lowest BCUT2D eigenvalue weighted by Gasteiger charge is -2.34. The Labute approximate surface area is 98.9 Å². The second-order valence-electron chi connectivity index (χ2n) is 4.52. The van der Waals surface area contributed by atoms with E-state index in [0.29, 0.717) is 0 Å². The van der Waals surface area contributed by atoms with Gasteiger partial charge in [0.2, 0.25) is 0 Å². The van der Waals surface area contributed by atoms with Gasteiger partial charge < -0.3 is 10.8 Å². The Morgan fingerprint density at radius 3 is 2.43 bits per heavy atom. The van der Waals surface area contributed by atoms with Crippen LogP contribution >= 0.6 is 24.8 Å². The summed E-state index contributed by atoms with van der Waals surface area (Å²) in [6.07, 6.45) is 1.90. The van der Waals surface area contributed by atoms with Gasteiger partial charge in [0.25, 0.3) is 0 Å². The summed E-state index contributed by atoms with van der Waals surface area (Å²) in [6.45, 7) is 6.80. The van der Waals surface area contributed by atoms with Gasteiger partial charge in [-0.05, 0) is 33.2 Å². The van der Waals surface area contributed by atoms with Crippen molar-refractivity contribution in [1.29, 1.82) is 0 Å². The van der Waals surface area contributed by atoms with Gasteiger partial charge in [-0.1, -0.05) is 0 Å². The maximum Gasteiger partial charge on any atom is 0.0667 e. The van der Waals surface area contributed by atoms with Crippen molar-refractivity contribution in [2.75, 3.05) is 19.6 Å². The van der Waals surface area contributed by atoms with Crippen LogP contribution in [-0.4, -0.2) is 41.3 Å². The van der Waals surface area contributed by atoms with E-state index >= 15 is 0 Å². The third-order valence-electron chi connectivity index (χ3n) is 2.11. The topological polar surface area (TPSA) is 49.5 Å². The number of rotatable bonds is 2. The zero-order valence-corrected chi connectivity index (χ0v) is 10.5. The number of aliphatic hydroxyl groups is 1. The fourth-order valence-electron chi connectivity index (χ4n) is 1.75. The number of hydrogen-bond donors (Lipinski definition) is 2. The minimum atomic E-state index is -0.142. The van der Waals surface area contributed by atoms with Gasteiger partial charge in [-0.25, -0.2) is 0 Å².